The Hall–Kier alpha value is -0.804. The molecule has 0 saturated heterocycles. The van der Waals surface area contributed by atoms with Gasteiger partial charge in [-0.1, -0.05) is 0 Å². The number of rotatable bonds is 1. The van der Waals surface area contributed by atoms with E-state index < -0.39 is 5.97 Å². The molecule has 1 aliphatic carbocycles. The van der Waals surface area contributed by atoms with Crippen molar-refractivity contribution < 1.29 is 61.3 Å². The zero-order chi connectivity index (χ0) is 12.9. The first-order valence-electron chi connectivity index (χ1n) is 5.47. The summed E-state index contributed by atoms with van der Waals surface area (Å²) in [6.07, 6.45) is 2.94. The summed E-state index contributed by atoms with van der Waals surface area (Å²) in [6.45, 7) is 0. The summed E-state index contributed by atoms with van der Waals surface area (Å²) in [4.78, 5) is 19.1. The molecule has 92 valence electrons. The minimum Gasteiger partial charge on any atom is -0.543 e. The van der Waals surface area contributed by atoms with E-state index in [4.69, 9.17) is 5.73 Å². The molecule has 2 aromatic heterocycles. The molecule has 0 amide bonds. The Balaban J connectivity index is 0.00000133. The first-order chi connectivity index (χ1) is 8.58. The number of nitrogens with two attached hydrogens (primary N) is 1. The maximum Gasteiger partial charge on any atom is 1.00 e. The van der Waals surface area contributed by atoms with Crippen LogP contribution in [0.5, 0.6) is 0 Å². The zero-order valence-electron chi connectivity index (χ0n) is 10.7. The summed E-state index contributed by atoms with van der Waals surface area (Å²) in [5.74, 6) is -1.10. The Labute approximate surface area is 151 Å². The third kappa shape index (κ3) is 2.34. The normalized spacial score (nSPS) is 12.3. The van der Waals surface area contributed by atoms with Gasteiger partial charge >= 0.3 is 51.4 Å². The second-order valence-electron chi connectivity index (χ2n) is 4.19. The number of nitrogens with zero attached hydrogens (tertiary/aromatic N) is 4. The molecule has 8 heteroatoms. The summed E-state index contributed by atoms with van der Waals surface area (Å²) in [6, 6.07) is 0. The van der Waals surface area contributed by atoms with Crippen molar-refractivity contribution in [1.82, 2.24) is 19.7 Å². The van der Waals surface area contributed by atoms with Gasteiger partial charge < -0.3 is 15.6 Å². The van der Waals surface area contributed by atoms with Gasteiger partial charge in [0.05, 0.1) is 17.4 Å². The SMILES string of the molecule is Cn1nc(C(=O)[O-])c2c1-c1nc(N)ncc1CC2.[K+]. The minimum atomic E-state index is -1.27. The van der Waals surface area contributed by atoms with Crippen LogP contribution in [0.25, 0.3) is 11.4 Å². The van der Waals surface area contributed by atoms with Crippen molar-refractivity contribution in [2.75, 3.05) is 5.73 Å². The van der Waals surface area contributed by atoms with Gasteiger partial charge in [0.2, 0.25) is 5.95 Å². The number of carboxylic acid groups (broad SMARTS) is 1. The van der Waals surface area contributed by atoms with Crippen molar-refractivity contribution in [1.29, 1.82) is 0 Å². The molecule has 0 aromatic carbocycles. The van der Waals surface area contributed by atoms with Crippen LogP contribution in [0.15, 0.2) is 6.20 Å². The van der Waals surface area contributed by atoms with E-state index in [1.54, 1.807) is 13.2 Å². The third-order valence-corrected chi connectivity index (χ3v) is 3.09. The van der Waals surface area contributed by atoms with E-state index in [0.29, 0.717) is 29.8 Å². The largest absolute Gasteiger partial charge is 1.00 e. The van der Waals surface area contributed by atoms with Gasteiger partial charge in [0, 0.05) is 18.8 Å². The molecule has 0 spiro atoms. The van der Waals surface area contributed by atoms with Gasteiger partial charge in [-0.15, -0.1) is 0 Å². The van der Waals surface area contributed by atoms with Gasteiger partial charge in [-0.2, -0.15) is 5.10 Å². The fraction of sp³-hybridized carbons (Fsp3) is 0.273. The first-order valence-corrected chi connectivity index (χ1v) is 5.47. The van der Waals surface area contributed by atoms with Crippen molar-refractivity contribution in [3.8, 4) is 11.4 Å². The number of anilines is 1. The molecule has 0 unspecified atom stereocenters. The monoisotopic (exact) mass is 283 g/mol. The molecule has 2 aromatic rings. The number of carbonyl (C=O) groups is 1. The van der Waals surface area contributed by atoms with E-state index in [-0.39, 0.29) is 63.0 Å². The third-order valence-electron chi connectivity index (χ3n) is 3.09. The number of aryl methyl sites for hydroxylation is 2. The van der Waals surface area contributed by atoms with Gasteiger partial charge in [-0.05, 0) is 18.4 Å². The fourth-order valence-electron chi connectivity index (χ4n) is 2.33. The zero-order valence-corrected chi connectivity index (χ0v) is 13.8. The second-order valence-corrected chi connectivity index (χ2v) is 4.19. The van der Waals surface area contributed by atoms with E-state index in [1.165, 1.54) is 4.68 Å². The Morgan fingerprint density at radius 3 is 2.89 bits per heavy atom. The molecule has 19 heavy (non-hydrogen) atoms. The summed E-state index contributed by atoms with van der Waals surface area (Å²) in [5.41, 5.74) is 8.50. The Kier molecular flexibility index (Phi) is 4.07. The maximum atomic E-state index is 11.0. The Bertz CT molecular complexity index is 667. The van der Waals surface area contributed by atoms with Crippen LogP contribution >= 0.6 is 0 Å². The fourth-order valence-corrected chi connectivity index (χ4v) is 2.33. The van der Waals surface area contributed by atoms with Gasteiger partial charge in [-0.25, -0.2) is 9.97 Å². The number of aromatic carboxylic acids is 1. The molecule has 0 atom stereocenters. The molecule has 0 aliphatic heterocycles. The molecular formula is C11H10KN5O2. The van der Waals surface area contributed by atoms with Crippen molar-refractivity contribution in [3.05, 3.63) is 23.0 Å². The predicted molar refractivity (Wildman–Crippen MR) is 60.4 cm³/mol. The summed E-state index contributed by atoms with van der Waals surface area (Å²) >= 11 is 0. The smallest absolute Gasteiger partial charge is 0.543 e. The van der Waals surface area contributed by atoms with Crippen molar-refractivity contribution in [3.63, 3.8) is 0 Å². The average Bonchev–Trinajstić information content (AvgIpc) is 2.67. The van der Waals surface area contributed by atoms with E-state index in [2.05, 4.69) is 15.1 Å². The number of hydrogen-bond donors (Lipinski definition) is 1. The number of nitrogen functional groups attached to an aromatic ring is 1. The van der Waals surface area contributed by atoms with Crippen molar-refractivity contribution >= 4 is 11.9 Å². The summed E-state index contributed by atoms with van der Waals surface area (Å²) in [7, 11) is 1.68. The second kappa shape index (κ2) is 5.29. The van der Waals surface area contributed by atoms with Crippen LogP contribution in [0.1, 0.15) is 21.6 Å². The van der Waals surface area contributed by atoms with Gasteiger partial charge in [0.1, 0.15) is 5.69 Å². The van der Waals surface area contributed by atoms with Crippen molar-refractivity contribution in [2.24, 2.45) is 7.05 Å². The molecule has 2 N–H and O–H groups in total. The number of fused-ring (bicyclic) bond motifs is 3. The number of hydrogen-bond acceptors (Lipinski definition) is 6. The topological polar surface area (TPSA) is 110 Å². The summed E-state index contributed by atoms with van der Waals surface area (Å²) in [5, 5.41) is 15.0. The van der Waals surface area contributed by atoms with Gasteiger partial charge in [0.25, 0.3) is 0 Å². The molecule has 2 heterocycles. The maximum absolute atomic E-state index is 11.0. The van der Waals surface area contributed by atoms with Crippen LogP contribution in [0.2, 0.25) is 0 Å². The van der Waals surface area contributed by atoms with Crippen LogP contribution in [-0.2, 0) is 19.9 Å². The molecule has 0 radical (unpaired) electrons. The average molecular weight is 283 g/mol. The standard InChI is InChI=1S/C11H11N5O2.K/c1-16-9-6(8(15-16)10(17)18)3-2-5-4-13-11(12)14-7(5)9;/h4H,2-3H2,1H3,(H,17,18)(H2,12,13,14);/q;+1/p-1. The van der Waals surface area contributed by atoms with Gasteiger partial charge in [0.15, 0.2) is 0 Å². The first kappa shape index (κ1) is 14.6. The Morgan fingerprint density at radius 2 is 2.21 bits per heavy atom. The molecule has 0 fully saturated rings. The molecule has 7 nitrogen and oxygen atoms in total. The molecule has 3 rings (SSSR count). The minimum absolute atomic E-state index is 0. The van der Waals surface area contributed by atoms with Crippen LogP contribution in [0.4, 0.5) is 5.95 Å². The number of carboxylic acids is 1. The summed E-state index contributed by atoms with van der Waals surface area (Å²) < 4.78 is 1.50. The number of carbonyl (C=O) groups excluding carboxylic acids is 1. The van der Waals surface area contributed by atoms with Gasteiger partial charge in [-0.3, -0.25) is 4.68 Å². The number of aromatic nitrogens is 4. The van der Waals surface area contributed by atoms with E-state index in [9.17, 15) is 9.90 Å². The van der Waals surface area contributed by atoms with Crippen LogP contribution < -0.4 is 62.2 Å². The molecular weight excluding hydrogens is 273 g/mol. The molecule has 0 bridgehead atoms. The van der Waals surface area contributed by atoms with E-state index >= 15 is 0 Å². The van der Waals surface area contributed by atoms with E-state index in [1.807, 2.05) is 0 Å². The van der Waals surface area contributed by atoms with Crippen LogP contribution in [-0.4, -0.2) is 25.7 Å². The quantitative estimate of drug-likeness (QED) is 0.533. The van der Waals surface area contributed by atoms with Crippen LogP contribution in [0.3, 0.4) is 0 Å². The molecule has 0 saturated carbocycles. The molecule has 1 aliphatic rings. The Morgan fingerprint density at radius 1 is 1.47 bits per heavy atom. The van der Waals surface area contributed by atoms with E-state index in [0.717, 1.165) is 5.56 Å². The van der Waals surface area contributed by atoms with Crippen molar-refractivity contribution in [2.45, 2.75) is 12.8 Å². The van der Waals surface area contributed by atoms with Crippen LogP contribution in [0, 0.1) is 0 Å². The predicted octanol–water partition coefficient (Wildman–Crippen LogP) is -4.07.